The summed E-state index contributed by atoms with van der Waals surface area (Å²) in [5.41, 5.74) is 1.32. The summed E-state index contributed by atoms with van der Waals surface area (Å²) in [6.07, 6.45) is -0.979. The number of carbonyl (C=O) groups excluding carboxylic acids is 1. The van der Waals surface area contributed by atoms with Gasteiger partial charge in [-0.3, -0.25) is 4.79 Å². The summed E-state index contributed by atoms with van der Waals surface area (Å²) >= 11 is 0. The van der Waals surface area contributed by atoms with Crippen LogP contribution >= 0.6 is 0 Å². The predicted octanol–water partition coefficient (Wildman–Crippen LogP) is 1.59. The molecule has 1 aromatic rings. The molecule has 0 amide bonds. The number of aliphatic hydroxyl groups excluding tert-OH is 1. The van der Waals surface area contributed by atoms with Crippen LogP contribution in [0.1, 0.15) is 28.9 Å². The second-order valence-electron chi connectivity index (χ2n) is 4.47. The van der Waals surface area contributed by atoms with Crippen molar-refractivity contribution in [2.75, 3.05) is 13.7 Å². The average molecular weight is 264 g/mol. The fourth-order valence-electron chi connectivity index (χ4n) is 2.19. The Bertz CT molecular complexity index is 535. The molecular weight excluding hydrogens is 248 g/mol. The topological polar surface area (TPSA) is 76.0 Å². The summed E-state index contributed by atoms with van der Waals surface area (Å²) in [5, 5.41) is 19.0. The summed E-state index contributed by atoms with van der Waals surface area (Å²) in [4.78, 5) is 11.4. The molecule has 1 aliphatic heterocycles. The third-order valence-electron chi connectivity index (χ3n) is 3.20. The average Bonchev–Trinajstić information content (AvgIpc) is 2.73. The number of ether oxygens (including phenoxy) is 2. The number of carbonyl (C=O) groups is 1. The Morgan fingerprint density at radius 3 is 2.74 bits per heavy atom. The monoisotopic (exact) mass is 264 g/mol. The van der Waals surface area contributed by atoms with E-state index < -0.39 is 12.2 Å². The molecule has 19 heavy (non-hydrogen) atoms. The molecular formula is C14H16O5. The molecule has 1 aliphatic rings. The van der Waals surface area contributed by atoms with Crippen molar-refractivity contribution in [2.45, 2.75) is 19.1 Å². The Labute approximate surface area is 111 Å². The van der Waals surface area contributed by atoms with Crippen LogP contribution in [0.25, 0.3) is 0 Å². The molecule has 0 radical (unpaired) electrons. The molecule has 0 bridgehead atoms. The van der Waals surface area contributed by atoms with Crippen LogP contribution < -0.4 is 4.74 Å². The number of methoxy groups -OCH3 is 1. The normalized spacial score (nSPS) is 20.8. The van der Waals surface area contributed by atoms with E-state index in [1.165, 1.54) is 26.2 Å². The number of phenols is 1. The van der Waals surface area contributed by atoms with Gasteiger partial charge in [0.05, 0.1) is 12.2 Å². The lowest BCUT2D eigenvalue weighted by Gasteiger charge is -2.18. The predicted molar refractivity (Wildman–Crippen MR) is 68.5 cm³/mol. The van der Waals surface area contributed by atoms with E-state index in [4.69, 9.17) is 14.6 Å². The van der Waals surface area contributed by atoms with Gasteiger partial charge in [0.2, 0.25) is 0 Å². The van der Waals surface area contributed by atoms with E-state index in [0.29, 0.717) is 16.9 Å². The molecule has 0 aromatic heterocycles. The summed E-state index contributed by atoms with van der Waals surface area (Å²) in [6, 6.07) is 2.95. The van der Waals surface area contributed by atoms with Crippen molar-refractivity contribution >= 4 is 5.78 Å². The number of phenolic OH excluding ortho intramolecular Hbond substituents is 1. The SMILES string of the molecule is C=C(CO)[C@H]1Oc2cc(C(C)=O)c(O)cc2[C@H]1OC. The Morgan fingerprint density at radius 2 is 2.21 bits per heavy atom. The van der Waals surface area contributed by atoms with Gasteiger partial charge < -0.3 is 19.7 Å². The third-order valence-corrected chi connectivity index (χ3v) is 3.20. The minimum atomic E-state index is -0.522. The number of Topliss-reactive ketones (excluding diaryl/α,β-unsaturated/α-hetero) is 1. The van der Waals surface area contributed by atoms with Gasteiger partial charge in [-0.05, 0) is 24.6 Å². The first kappa shape index (κ1) is 13.6. The van der Waals surface area contributed by atoms with Crippen molar-refractivity contribution in [2.24, 2.45) is 0 Å². The number of aromatic hydroxyl groups is 1. The van der Waals surface area contributed by atoms with Crippen molar-refractivity contribution in [3.63, 3.8) is 0 Å². The maximum atomic E-state index is 11.4. The van der Waals surface area contributed by atoms with E-state index in [1.54, 1.807) is 0 Å². The second-order valence-corrected chi connectivity index (χ2v) is 4.47. The highest BCUT2D eigenvalue weighted by Crippen LogP contribution is 2.43. The van der Waals surface area contributed by atoms with E-state index in [1.807, 2.05) is 0 Å². The zero-order valence-electron chi connectivity index (χ0n) is 10.8. The maximum Gasteiger partial charge on any atom is 0.163 e. The van der Waals surface area contributed by atoms with E-state index in [0.717, 1.165) is 0 Å². The van der Waals surface area contributed by atoms with Crippen LogP contribution in [0.2, 0.25) is 0 Å². The van der Waals surface area contributed by atoms with Gasteiger partial charge in [-0.15, -0.1) is 0 Å². The molecule has 0 saturated carbocycles. The zero-order chi connectivity index (χ0) is 14.2. The highest BCUT2D eigenvalue weighted by Gasteiger charge is 2.37. The Kier molecular flexibility index (Phi) is 3.59. The van der Waals surface area contributed by atoms with Crippen LogP contribution in [-0.4, -0.2) is 35.8 Å². The summed E-state index contributed by atoms with van der Waals surface area (Å²) < 4.78 is 11.0. The molecule has 1 heterocycles. The van der Waals surface area contributed by atoms with Crippen LogP contribution in [0.5, 0.6) is 11.5 Å². The minimum Gasteiger partial charge on any atom is -0.507 e. The van der Waals surface area contributed by atoms with Crippen LogP contribution in [0, 0.1) is 0 Å². The van der Waals surface area contributed by atoms with E-state index in [9.17, 15) is 9.90 Å². The smallest absolute Gasteiger partial charge is 0.163 e. The number of hydrogen-bond donors (Lipinski definition) is 2. The second kappa shape index (κ2) is 5.03. The molecule has 0 aliphatic carbocycles. The molecule has 0 spiro atoms. The zero-order valence-corrected chi connectivity index (χ0v) is 10.8. The van der Waals surface area contributed by atoms with Gasteiger partial charge in [0.15, 0.2) is 11.9 Å². The van der Waals surface area contributed by atoms with E-state index in [-0.39, 0.29) is 23.7 Å². The number of aliphatic hydroxyl groups is 1. The number of rotatable bonds is 4. The fourth-order valence-corrected chi connectivity index (χ4v) is 2.19. The van der Waals surface area contributed by atoms with Crippen molar-refractivity contribution in [1.82, 2.24) is 0 Å². The molecule has 5 heteroatoms. The first-order valence-corrected chi connectivity index (χ1v) is 5.85. The van der Waals surface area contributed by atoms with Gasteiger partial charge in [-0.25, -0.2) is 0 Å². The summed E-state index contributed by atoms with van der Waals surface area (Å²) in [5.74, 6) is 0.115. The molecule has 0 saturated heterocycles. The van der Waals surface area contributed by atoms with Crippen LogP contribution in [0.4, 0.5) is 0 Å². The van der Waals surface area contributed by atoms with Gasteiger partial charge in [0.25, 0.3) is 0 Å². The lowest BCUT2D eigenvalue weighted by atomic mass is 9.99. The van der Waals surface area contributed by atoms with E-state index in [2.05, 4.69) is 6.58 Å². The van der Waals surface area contributed by atoms with Gasteiger partial charge in [-0.1, -0.05) is 6.58 Å². The van der Waals surface area contributed by atoms with Gasteiger partial charge >= 0.3 is 0 Å². The van der Waals surface area contributed by atoms with Gasteiger partial charge in [0.1, 0.15) is 17.6 Å². The quantitative estimate of drug-likeness (QED) is 0.638. The van der Waals surface area contributed by atoms with Crippen LogP contribution in [-0.2, 0) is 4.74 Å². The molecule has 5 nitrogen and oxygen atoms in total. The minimum absolute atomic E-state index is 0.104. The molecule has 2 N–H and O–H groups in total. The van der Waals surface area contributed by atoms with Crippen molar-refractivity contribution in [1.29, 1.82) is 0 Å². The molecule has 2 atom stereocenters. The number of hydrogen-bond acceptors (Lipinski definition) is 5. The molecule has 1 aromatic carbocycles. The Morgan fingerprint density at radius 1 is 1.53 bits per heavy atom. The highest BCUT2D eigenvalue weighted by atomic mass is 16.5. The van der Waals surface area contributed by atoms with Gasteiger partial charge in [0, 0.05) is 12.7 Å². The summed E-state index contributed by atoms with van der Waals surface area (Å²) in [6.45, 7) is 4.88. The number of fused-ring (bicyclic) bond motifs is 1. The first-order chi connectivity index (χ1) is 8.99. The number of benzene rings is 1. The first-order valence-electron chi connectivity index (χ1n) is 5.85. The van der Waals surface area contributed by atoms with Crippen molar-refractivity contribution in [3.05, 3.63) is 35.4 Å². The fraction of sp³-hybridized carbons (Fsp3) is 0.357. The van der Waals surface area contributed by atoms with E-state index >= 15 is 0 Å². The molecule has 102 valence electrons. The highest BCUT2D eigenvalue weighted by molar-refractivity contribution is 5.97. The maximum absolute atomic E-state index is 11.4. The summed E-state index contributed by atoms with van der Waals surface area (Å²) in [7, 11) is 1.51. The lowest BCUT2D eigenvalue weighted by molar-refractivity contribution is 0.0397. The molecule has 0 unspecified atom stereocenters. The van der Waals surface area contributed by atoms with Crippen LogP contribution in [0.3, 0.4) is 0 Å². The lowest BCUT2D eigenvalue weighted by Crippen LogP contribution is -2.23. The Balaban J connectivity index is 2.46. The largest absolute Gasteiger partial charge is 0.507 e. The Hall–Kier alpha value is -1.85. The standard InChI is InChI=1S/C14H16O5/c1-7(6-15)13-14(18-3)10-4-11(17)9(8(2)16)5-12(10)19-13/h4-5,13-15,17H,1,6H2,2-3H3/t13-,14-/m1/s1. The number of ketones is 1. The third kappa shape index (κ3) is 2.22. The molecule has 0 fully saturated rings. The van der Waals surface area contributed by atoms with Gasteiger partial charge in [-0.2, -0.15) is 0 Å². The molecule has 2 rings (SSSR count). The van der Waals surface area contributed by atoms with Crippen molar-refractivity contribution in [3.8, 4) is 11.5 Å². The van der Waals surface area contributed by atoms with Crippen LogP contribution in [0.15, 0.2) is 24.3 Å². The van der Waals surface area contributed by atoms with Crippen molar-refractivity contribution < 1.29 is 24.5 Å².